The van der Waals surface area contributed by atoms with Crippen LogP contribution in [0.3, 0.4) is 0 Å². The highest BCUT2D eigenvalue weighted by Crippen LogP contribution is 2.17. The fraction of sp³-hybridized carbons (Fsp3) is 0.429. The van der Waals surface area contributed by atoms with E-state index in [1.165, 1.54) is 0 Å². The van der Waals surface area contributed by atoms with E-state index in [9.17, 15) is 4.79 Å². The van der Waals surface area contributed by atoms with Crippen LogP contribution in [-0.2, 0) is 0 Å². The number of carboxylic acid groups (broad SMARTS) is 1. The third kappa shape index (κ3) is 1.39. The predicted molar refractivity (Wildman–Crippen MR) is 41.5 cm³/mol. The van der Waals surface area contributed by atoms with E-state index in [0.717, 1.165) is 0 Å². The number of carboxylic acids is 1. The molecule has 1 aromatic rings. The number of aromatic carboxylic acids is 1. The van der Waals surface area contributed by atoms with Crippen molar-refractivity contribution in [1.82, 2.24) is 10.2 Å². The molecule has 0 fully saturated rings. The third-order valence-corrected chi connectivity index (χ3v) is 1.42. The molecule has 1 heterocycles. The number of ether oxygens (including phenoxy) is 1. The first-order chi connectivity index (χ1) is 5.66. The molecule has 5 heteroatoms. The maximum Gasteiger partial charge on any atom is 0.343 e. The summed E-state index contributed by atoms with van der Waals surface area (Å²) in [6, 6.07) is 0. The summed E-state index contributed by atoms with van der Waals surface area (Å²) in [6.07, 6.45) is 0. The number of H-pyrrole nitrogens is 1. The molecule has 0 aliphatic carbocycles. The van der Waals surface area contributed by atoms with Gasteiger partial charge in [0.25, 0.3) is 0 Å². The van der Waals surface area contributed by atoms with E-state index in [0.29, 0.717) is 12.3 Å². The van der Waals surface area contributed by atoms with Gasteiger partial charge >= 0.3 is 5.97 Å². The summed E-state index contributed by atoms with van der Waals surface area (Å²) >= 11 is 0. The van der Waals surface area contributed by atoms with E-state index in [2.05, 4.69) is 10.2 Å². The Morgan fingerprint density at radius 2 is 2.42 bits per heavy atom. The zero-order chi connectivity index (χ0) is 9.14. The number of hydrogen-bond acceptors (Lipinski definition) is 3. The molecule has 1 aromatic heterocycles. The van der Waals surface area contributed by atoms with Crippen LogP contribution in [0.15, 0.2) is 0 Å². The highest BCUT2D eigenvalue weighted by Gasteiger charge is 2.17. The van der Waals surface area contributed by atoms with Crippen LogP contribution in [0, 0.1) is 6.92 Å². The molecule has 5 nitrogen and oxygen atoms in total. The number of nitrogens with one attached hydrogen (secondary N) is 1. The SMILES string of the molecule is CCOc1[nH]nc(C)c1C(=O)O. The molecule has 0 unspecified atom stereocenters. The molecule has 12 heavy (non-hydrogen) atoms. The van der Waals surface area contributed by atoms with Crippen molar-refractivity contribution in [3.8, 4) is 5.88 Å². The summed E-state index contributed by atoms with van der Waals surface area (Å²) in [7, 11) is 0. The van der Waals surface area contributed by atoms with Gasteiger partial charge in [0, 0.05) is 0 Å². The number of carbonyl (C=O) groups is 1. The van der Waals surface area contributed by atoms with Crippen LogP contribution in [0.4, 0.5) is 0 Å². The number of hydrogen-bond donors (Lipinski definition) is 2. The predicted octanol–water partition coefficient (Wildman–Crippen LogP) is 0.815. The Kier molecular flexibility index (Phi) is 2.32. The van der Waals surface area contributed by atoms with Crippen molar-refractivity contribution in [1.29, 1.82) is 0 Å². The van der Waals surface area contributed by atoms with Gasteiger partial charge in [0.05, 0.1) is 12.3 Å². The number of aromatic amines is 1. The van der Waals surface area contributed by atoms with Crippen LogP contribution in [0.1, 0.15) is 23.0 Å². The molecule has 0 amide bonds. The maximum absolute atomic E-state index is 10.6. The standard InChI is InChI=1S/C7H10N2O3/c1-3-12-6-5(7(10)11)4(2)8-9-6/h3H2,1-2H3,(H,8,9)(H,10,11). The van der Waals surface area contributed by atoms with Gasteiger partial charge in [-0.05, 0) is 13.8 Å². The topological polar surface area (TPSA) is 75.2 Å². The second kappa shape index (κ2) is 3.25. The lowest BCUT2D eigenvalue weighted by molar-refractivity contribution is 0.0692. The van der Waals surface area contributed by atoms with Crippen LogP contribution < -0.4 is 4.74 Å². The fourth-order valence-electron chi connectivity index (χ4n) is 0.911. The quantitative estimate of drug-likeness (QED) is 0.704. The van der Waals surface area contributed by atoms with Crippen molar-refractivity contribution >= 4 is 5.97 Å². The van der Waals surface area contributed by atoms with Crippen molar-refractivity contribution < 1.29 is 14.6 Å². The molecule has 0 aliphatic heterocycles. The lowest BCUT2D eigenvalue weighted by Gasteiger charge is -1.99. The van der Waals surface area contributed by atoms with Gasteiger partial charge in [0.1, 0.15) is 5.56 Å². The lowest BCUT2D eigenvalue weighted by atomic mass is 10.2. The van der Waals surface area contributed by atoms with E-state index < -0.39 is 5.97 Å². The summed E-state index contributed by atoms with van der Waals surface area (Å²) in [5, 5.41) is 15.0. The molecule has 1 rings (SSSR count). The van der Waals surface area contributed by atoms with Gasteiger partial charge in [-0.1, -0.05) is 0 Å². The first-order valence-electron chi connectivity index (χ1n) is 3.57. The Labute approximate surface area is 69.4 Å². The molecule has 0 aromatic carbocycles. The second-order valence-corrected chi connectivity index (χ2v) is 2.25. The van der Waals surface area contributed by atoms with E-state index in [1.54, 1.807) is 13.8 Å². The molecule has 0 bridgehead atoms. The summed E-state index contributed by atoms with van der Waals surface area (Å²) in [5.74, 6) is -0.799. The molecule has 0 radical (unpaired) electrons. The normalized spacial score (nSPS) is 9.83. The first kappa shape index (κ1) is 8.58. The number of aryl methyl sites for hydroxylation is 1. The Morgan fingerprint density at radius 1 is 1.75 bits per heavy atom. The largest absolute Gasteiger partial charge is 0.478 e. The third-order valence-electron chi connectivity index (χ3n) is 1.42. The zero-order valence-corrected chi connectivity index (χ0v) is 6.92. The Morgan fingerprint density at radius 3 is 2.92 bits per heavy atom. The molecule has 0 saturated heterocycles. The molecular formula is C7H10N2O3. The maximum atomic E-state index is 10.6. The first-order valence-corrected chi connectivity index (χ1v) is 3.57. The van der Waals surface area contributed by atoms with Crippen molar-refractivity contribution in [3.63, 3.8) is 0 Å². The molecule has 0 atom stereocenters. The van der Waals surface area contributed by atoms with E-state index >= 15 is 0 Å². The van der Waals surface area contributed by atoms with Crippen LogP contribution in [0.2, 0.25) is 0 Å². The van der Waals surface area contributed by atoms with Crippen molar-refractivity contribution in [2.45, 2.75) is 13.8 Å². The van der Waals surface area contributed by atoms with Gasteiger partial charge in [0.2, 0.25) is 5.88 Å². The average molecular weight is 170 g/mol. The number of aromatic nitrogens is 2. The van der Waals surface area contributed by atoms with Gasteiger partial charge in [0.15, 0.2) is 0 Å². The Hall–Kier alpha value is -1.52. The van der Waals surface area contributed by atoms with Crippen LogP contribution in [-0.4, -0.2) is 27.9 Å². The summed E-state index contributed by atoms with van der Waals surface area (Å²) in [4.78, 5) is 10.6. The fourth-order valence-corrected chi connectivity index (χ4v) is 0.911. The van der Waals surface area contributed by atoms with E-state index in [-0.39, 0.29) is 11.4 Å². The summed E-state index contributed by atoms with van der Waals surface area (Å²) < 4.78 is 5.02. The smallest absolute Gasteiger partial charge is 0.343 e. The van der Waals surface area contributed by atoms with Gasteiger partial charge in [-0.15, -0.1) is 0 Å². The van der Waals surface area contributed by atoms with Crippen LogP contribution in [0.5, 0.6) is 5.88 Å². The minimum Gasteiger partial charge on any atom is -0.478 e. The molecule has 0 saturated carbocycles. The molecule has 0 spiro atoms. The minimum absolute atomic E-state index is 0.108. The highest BCUT2D eigenvalue weighted by molar-refractivity contribution is 5.91. The van der Waals surface area contributed by atoms with Crippen molar-refractivity contribution in [2.75, 3.05) is 6.61 Å². The Balaban J connectivity index is 3.04. The van der Waals surface area contributed by atoms with Gasteiger partial charge in [-0.2, -0.15) is 5.10 Å². The monoisotopic (exact) mass is 170 g/mol. The van der Waals surface area contributed by atoms with Gasteiger partial charge in [-0.25, -0.2) is 9.89 Å². The number of rotatable bonds is 3. The second-order valence-electron chi connectivity index (χ2n) is 2.25. The number of nitrogens with zero attached hydrogens (tertiary/aromatic N) is 1. The van der Waals surface area contributed by atoms with Crippen molar-refractivity contribution in [2.24, 2.45) is 0 Å². The molecular weight excluding hydrogens is 160 g/mol. The Bertz CT molecular complexity index is 293. The zero-order valence-electron chi connectivity index (χ0n) is 6.92. The van der Waals surface area contributed by atoms with Crippen LogP contribution in [0.25, 0.3) is 0 Å². The highest BCUT2D eigenvalue weighted by atomic mass is 16.5. The van der Waals surface area contributed by atoms with Crippen molar-refractivity contribution in [3.05, 3.63) is 11.3 Å². The average Bonchev–Trinajstić information content (AvgIpc) is 2.32. The van der Waals surface area contributed by atoms with Gasteiger partial charge in [-0.3, -0.25) is 0 Å². The summed E-state index contributed by atoms with van der Waals surface area (Å²) in [5.41, 5.74) is 0.544. The minimum atomic E-state index is -1.02. The van der Waals surface area contributed by atoms with Crippen LogP contribution >= 0.6 is 0 Å². The summed E-state index contributed by atoms with van der Waals surface area (Å²) in [6.45, 7) is 3.81. The van der Waals surface area contributed by atoms with E-state index in [1.807, 2.05) is 0 Å². The van der Waals surface area contributed by atoms with E-state index in [4.69, 9.17) is 9.84 Å². The lowest BCUT2D eigenvalue weighted by Crippen LogP contribution is -2.02. The molecule has 66 valence electrons. The molecule has 2 N–H and O–H groups in total. The molecule has 0 aliphatic rings. The van der Waals surface area contributed by atoms with Gasteiger partial charge < -0.3 is 9.84 Å².